The molecular formula is C21H26N4O3. The third-order valence-corrected chi connectivity index (χ3v) is 4.98. The molecule has 0 radical (unpaired) electrons. The summed E-state index contributed by atoms with van der Waals surface area (Å²) in [7, 11) is 0. The van der Waals surface area contributed by atoms with E-state index in [1.54, 1.807) is 0 Å². The molecule has 1 aromatic heterocycles. The summed E-state index contributed by atoms with van der Waals surface area (Å²) < 4.78 is 5.59. The Morgan fingerprint density at radius 1 is 1.25 bits per heavy atom. The zero-order valence-corrected chi connectivity index (χ0v) is 16.5. The lowest BCUT2D eigenvalue weighted by Crippen LogP contribution is -2.43. The van der Waals surface area contributed by atoms with Crippen molar-refractivity contribution in [3.63, 3.8) is 0 Å². The molecule has 2 amide bonds. The first-order valence-corrected chi connectivity index (χ1v) is 9.72. The van der Waals surface area contributed by atoms with Crippen LogP contribution in [0.3, 0.4) is 0 Å². The van der Waals surface area contributed by atoms with Crippen molar-refractivity contribution >= 4 is 17.6 Å². The lowest BCUT2D eigenvalue weighted by molar-refractivity contribution is -0.124. The molecule has 1 fully saturated rings. The van der Waals surface area contributed by atoms with Gasteiger partial charge in [0.25, 0.3) is 5.91 Å². The lowest BCUT2D eigenvalue weighted by atomic mass is 9.85. The third-order valence-electron chi connectivity index (χ3n) is 4.98. The van der Waals surface area contributed by atoms with Crippen LogP contribution in [0.15, 0.2) is 24.3 Å². The summed E-state index contributed by atoms with van der Waals surface area (Å²) in [5.74, 6) is 1.61. The fraction of sp³-hybridized carbons (Fsp3) is 0.476. The largest absolute Gasteiger partial charge is 0.484 e. The van der Waals surface area contributed by atoms with E-state index in [0.717, 1.165) is 16.8 Å². The molecule has 1 unspecified atom stereocenters. The number of aromatic amines is 1. The van der Waals surface area contributed by atoms with Crippen LogP contribution in [-0.2, 0) is 9.59 Å². The first-order valence-electron chi connectivity index (χ1n) is 9.72. The Morgan fingerprint density at radius 2 is 1.96 bits per heavy atom. The van der Waals surface area contributed by atoms with Crippen LogP contribution in [0.1, 0.15) is 68.7 Å². The summed E-state index contributed by atoms with van der Waals surface area (Å²) in [6.07, 6.45) is 2.73. The summed E-state index contributed by atoms with van der Waals surface area (Å²) in [6.45, 7) is 5.76. The van der Waals surface area contributed by atoms with Gasteiger partial charge in [0.2, 0.25) is 5.91 Å². The van der Waals surface area contributed by atoms with Gasteiger partial charge in [0.05, 0.1) is 0 Å². The number of fused-ring (bicyclic) bond motifs is 1. The maximum atomic E-state index is 12.1. The Hall–Kier alpha value is -2.83. The third kappa shape index (κ3) is 4.03. The number of hydrogen-bond donors (Lipinski definition) is 3. The molecule has 28 heavy (non-hydrogen) atoms. The topological polar surface area (TPSA) is 96.1 Å². The minimum Gasteiger partial charge on any atom is -0.484 e. The van der Waals surface area contributed by atoms with Crippen LogP contribution in [0.2, 0.25) is 0 Å². The Kier molecular flexibility index (Phi) is 4.61. The van der Waals surface area contributed by atoms with Crippen LogP contribution >= 0.6 is 0 Å². The van der Waals surface area contributed by atoms with Gasteiger partial charge in [-0.25, -0.2) is 0 Å². The van der Waals surface area contributed by atoms with Crippen LogP contribution in [0, 0.1) is 0 Å². The molecule has 7 nitrogen and oxygen atoms in total. The first-order chi connectivity index (χ1) is 13.3. The molecule has 1 aliphatic carbocycles. The Morgan fingerprint density at radius 3 is 2.61 bits per heavy atom. The Balaban J connectivity index is 1.48. The van der Waals surface area contributed by atoms with Crippen molar-refractivity contribution in [3.05, 3.63) is 41.1 Å². The highest BCUT2D eigenvalue weighted by atomic mass is 16.5. The maximum Gasteiger partial charge on any atom is 0.258 e. The average molecular weight is 382 g/mol. The van der Waals surface area contributed by atoms with Crippen molar-refractivity contribution in [1.82, 2.24) is 15.5 Å². The molecule has 7 heteroatoms. The van der Waals surface area contributed by atoms with Crippen LogP contribution in [-0.4, -0.2) is 34.2 Å². The standard InChI is InChI=1S/C21H26N4O3/c1-21(2,3)23-17(27)11-28-14-8-6-12(7-9-14)15-10-16(26)22-20-18(15)19(24-25-20)13-4-5-13/h6-9,13,15H,4-5,10-11H2,1-3H3,(H,23,27)(H2,22,24,25,26). The van der Waals surface area contributed by atoms with E-state index in [4.69, 9.17) is 4.74 Å². The summed E-state index contributed by atoms with van der Waals surface area (Å²) >= 11 is 0. The van der Waals surface area contributed by atoms with Gasteiger partial charge in [0.1, 0.15) is 5.75 Å². The number of nitrogens with zero attached hydrogens (tertiary/aromatic N) is 1. The maximum absolute atomic E-state index is 12.1. The Labute approximate surface area is 164 Å². The van der Waals surface area contributed by atoms with Gasteiger partial charge in [-0.3, -0.25) is 14.7 Å². The Bertz CT molecular complexity index is 891. The first kappa shape index (κ1) is 18.5. The molecule has 2 aliphatic rings. The molecular weight excluding hydrogens is 356 g/mol. The number of rotatable bonds is 5. The number of H-pyrrole nitrogens is 1. The highest BCUT2D eigenvalue weighted by Gasteiger charge is 2.37. The van der Waals surface area contributed by atoms with Crippen LogP contribution in [0.5, 0.6) is 5.75 Å². The quantitative estimate of drug-likeness (QED) is 0.740. The van der Waals surface area contributed by atoms with Gasteiger partial charge >= 0.3 is 0 Å². The highest BCUT2D eigenvalue weighted by Crippen LogP contribution is 2.47. The van der Waals surface area contributed by atoms with E-state index in [1.807, 2.05) is 45.0 Å². The molecule has 2 aromatic rings. The smallest absolute Gasteiger partial charge is 0.258 e. The van der Waals surface area contributed by atoms with Crippen molar-refractivity contribution < 1.29 is 14.3 Å². The van der Waals surface area contributed by atoms with Gasteiger partial charge in [-0.05, 0) is 51.3 Å². The van der Waals surface area contributed by atoms with Crippen LogP contribution < -0.4 is 15.4 Å². The van der Waals surface area contributed by atoms with E-state index in [9.17, 15) is 9.59 Å². The van der Waals surface area contributed by atoms with Gasteiger partial charge < -0.3 is 15.4 Å². The van der Waals surface area contributed by atoms with Gasteiger partial charge in [-0.15, -0.1) is 0 Å². The van der Waals surface area contributed by atoms with E-state index in [0.29, 0.717) is 23.9 Å². The van der Waals surface area contributed by atoms with E-state index >= 15 is 0 Å². The zero-order valence-electron chi connectivity index (χ0n) is 16.5. The van der Waals surface area contributed by atoms with Gasteiger partial charge in [0.15, 0.2) is 12.4 Å². The summed E-state index contributed by atoms with van der Waals surface area (Å²) in [4.78, 5) is 24.0. The number of nitrogens with one attached hydrogen (secondary N) is 3. The monoisotopic (exact) mass is 382 g/mol. The zero-order chi connectivity index (χ0) is 19.9. The van der Waals surface area contributed by atoms with Gasteiger partial charge in [0, 0.05) is 35.1 Å². The second-order valence-corrected chi connectivity index (χ2v) is 8.63. The number of anilines is 1. The molecule has 1 aromatic carbocycles. The second-order valence-electron chi connectivity index (χ2n) is 8.63. The minimum absolute atomic E-state index is 0.0173. The van der Waals surface area contributed by atoms with Crippen molar-refractivity contribution in [3.8, 4) is 5.75 Å². The number of hydrogen-bond acceptors (Lipinski definition) is 4. The van der Waals surface area contributed by atoms with E-state index in [-0.39, 0.29) is 29.9 Å². The van der Waals surface area contributed by atoms with Crippen LogP contribution in [0.4, 0.5) is 5.82 Å². The van der Waals surface area contributed by atoms with Crippen molar-refractivity contribution in [1.29, 1.82) is 0 Å². The number of carbonyl (C=O) groups excluding carboxylic acids is 2. The number of carbonyl (C=O) groups is 2. The van der Waals surface area contributed by atoms with E-state index in [1.165, 1.54) is 12.8 Å². The number of ether oxygens (including phenoxy) is 1. The molecule has 1 aliphatic heterocycles. The van der Waals surface area contributed by atoms with Gasteiger partial charge in [-0.2, -0.15) is 5.10 Å². The predicted molar refractivity (Wildman–Crippen MR) is 105 cm³/mol. The van der Waals surface area contributed by atoms with Crippen molar-refractivity contribution in [2.24, 2.45) is 0 Å². The molecule has 0 spiro atoms. The molecule has 2 heterocycles. The summed E-state index contributed by atoms with van der Waals surface area (Å²) in [6, 6.07) is 7.63. The van der Waals surface area contributed by atoms with E-state index < -0.39 is 0 Å². The molecule has 148 valence electrons. The average Bonchev–Trinajstić information content (AvgIpc) is 3.38. The lowest BCUT2D eigenvalue weighted by Gasteiger charge is -2.24. The molecule has 3 N–H and O–H groups in total. The minimum atomic E-state index is -0.284. The number of aromatic nitrogens is 2. The summed E-state index contributed by atoms with van der Waals surface area (Å²) in [5, 5.41) is 13.2. The predicted octanol–water partition coefficient (Wildman–Crippen LogP) is 3.05. The molecule has 4 rings (SSSR count). The SMILES string of the molecule is CC(C)(C)NC(=O)COc1ccc(C2CC(=O)Nc3n[nH]c(C4CC4)c32)cc1. The van der Waals surface area contributed by atoms with Crippen LogP contribution in [0.25, 0.3) is 0 Å². The second kappa shape index (κ2) is 6.96. The van der Waals surface area contributed by atoms with Gasteiger partial charge in [-0.1, -0.05) is 12.1 Å². The molecule has 1 saturated carbocycles. The van der Waals surface area contributed by atoms with E-state index in [2.05, 4.69) is 20.8 Å². The number of benzene rings is 1. The normalized spacial score (nSPS) is 19.0. The summed E-state index contributed by atoms with van der Waals surface area (Å²) in [5.41, 5.74) is 3.03. The van der Waals surface area contributed by atoms with Crippen molar-refractivity contribution in [2.75, 3.05) is 11.9 Å². The molecule has 0 bridgehead atoms. The molecule has 1 atom stereocenters. The fourth-order valence-electron chi connectivity index (χ4n) is 3.65. The molecule has 0 saturated heterocycles. The van der Waals surface area contributed by atoms with Crippen molar-refractivity contribution in [2.45, 2.75) is 57.4 Å². The fourth-order valence-corrected chi connectivity index (χ4v) is 3.65. The highest BCUT2D eigenvalue weighted by molar-refractivity contribution is 5.94. The number of amides is 2.